The lowest BCUT2D eigenvalue weighted by Crippen LogP contribution is -2.55. The van der Waals surface area contributed by atoms with Crippen LogP contribution in [-0.2, 0) is 11.2 Å². The van der Waals surface area contributed by atoms with Crippen molar-refractivity contribution in [3.8, 4) is 0 Å². The van der Waals surface area contributed by atoms with Crippen LogP contribution >= 0.6 is 11.6 Å². The van der Waals surface area contributed by atoms with Crippen molar-refractivity contribution in [3.63, 3.8) is 0 Å². The molecule has 2 aliphatic rings. The monoisotopic (exact) mass is 384 g/mol. The second kappa shape index (κ2) is 7.49. The van der Waals surface area contributed by atoms with Crippen LogP contribution < -0.4 is 9.80 Å². The first kappa shape index (κ1) is 18.3. The summed E-state index contributed by atoms with van der Waals surface area (Å²) in [6, 6.07) is 12.2. The minimum absolute atomic E-state index is 0.126. The van der Waals surface area contributed by atoms with Crippen molar-refractivity contribution in [1.29, 1.82) is 0 Å². The van der Waals surface area contributed by atoms with E-state index in [-0.39, 0.29) is 18.0 Å². The van der Waals surface area contributed by atoms with Gasteiger partial charge in [0.15, 0.2) is 0 Å². The number of hydrogen-bond acceptors (Lipinski definition) is 4. The van der Waals surface area contributed by atoms with E-state index < -0.39 is 0 Å². The molecule has 0 radical (unpaired) electrons. The molecule has 1 amide bonds. The van der Waals surface area contributed by atoms with E-state index in [2.05, 4.69) is 33.8 Å². The fraction of sp³-hybridized carbons (Fsp3) is 0.429. The summed E-state index contributed by atoms with van der Waals surface area (Å²) < 4.78 is 0. The first-order valence-corrected chi connectivity index (χ1v) is 9.94. The van der Waals surface area contributed by atoms with E-state index in [1.807, 2.05) is 36.1 Å². The van der Waals surface area contributed by atoms with Gasteiger partial charge in [-0.25, -0.2) is 4.98 Å². The quantitative estimate of drug-likeness (QED) is 0.814. The molecule has 3 heterocycles. The van der Waals surface area contributed by atoms with Crippen LogP contribution in [0.2, 0.25) is 5.02 Å². The van der Waals surface area contributed by atoms with Gasteiger partial charge in [0.05, 0.1) is 11.1 Å². The molecule has 6 heteroatoms. The molecule has 1 fully saturated rings. The number of nitrogens with zero attached hydrogens (tertiary/aromatic N) is 4. The largest absolute Gasteiger partial charge is 0.354 e. The molecule has 0 saturated carbocycles. The average molecular weight is 385 g/mol. The minimum atomic E-state index is -0.126. The summed E-state index contributed by atoms with van der Waals surface area (Å²) >= 11 is 5.93. The Balaban J connectivity index is 1.41. The first-order valence-electron chi connectivity index (χ1n) is 9.56. The lowest BCUT2D eigenvalue weighted by molar-refractivity contribution is -0.123. The molecule has 1 aromatic heterocycles. The zero-order chi connectivity index (χ0) is 19.0. The van der Waals surface area contributed by atoms with Crippen LogP contribution in [0.25, 0.3) is 0 Å². The fourth-order valence-electron chi connectivity index (χ4n) is 4.15. The van der Waals surface area contributed by atoms with E-state index >= 15 is 0 Å². The van der Waals surface area contributed by atoms with Crippen LogP contribution in [0.1, 0.15) is 19.4 Å². The van der Waals surface area contributed by atoms with E-state index in [1.54, 1.807) is 6.20 Å². The normalized spacial score (nSPS) is 21.2. The summed E-state index contributed by atoms with van der Waals surface area (Å²) in [6.45, 7) is 7.58. The second-order valence-corrected chi connectivity index (χ2v) is 7.86. The highest BCUT2D eigenvalue weighted by molar-refractivity contribution is 6.30. The van der Waals surface area contributed by atoms with Gasteiger partial charge in [0.1, 0.15) is 5.82 Å². The van der Waals surface area contributed by atoms with Crippen LogP contribution in [0.5, 0.6) is 0 Å². The highest BCUT2D eigenvalue weighted by atomic mass is 35.5. The van der Waals surface area contributed by atoms with Crippen molar-refractivity contribution in [1.82, 2.24) is 9.88 Å². The lowest BCUT2D eigenvalue weighted by Gasteiger charge is -2.39. The van der Waals surface area contributed by atoms with Gasteiger partial charge in [-0.2, -0.15) is 0 Å². The number of para-hydroxylation sites is 1. The highest BCUT2D eigenvalue weighted by Gasteiger charge is 2.35. The Hall–Kier alpha value is -2.11. The summed E-state index contributed by atoms with van der Waals surface area (Å²) in [4.78, 5) is 24.2. The maximum absolute atomic E-state index is 13.3. The van der Waals surface area contributed by atoms with Gasteiger partial charge in [-0.3, -0.25) is 9.69 Å². The van der Waals surface area contributed by atoms with Crippen molar-refractivity contribution in [2.45, 2.75) is 32.4 Å². The topological polar surface area (TPSA) is 39.7 Å². The summed E-state index contributed by atoms with van der Waals surface area (Å²) in [5, 5.41) is 0.650. The Morgan fingerprint density at radius 1 is 1.15 bits per heavy atom. The SMILES string of the molecule is CC(C(=O)N1c2ccccc2CC1C)N1CCN(c2ccc(Cl)cn2)CC1. The number of anilines is 2. The number of benzene rings is 1. The summed E-state index contributed by atoms with van der Waals surface area (Å²) in [7, 11) is 0. The third kappa shape index (κ3) is 3.54. The maximum atomic E-state index is 13.3. The predicted molar refractivity (Wildman–Crippen MR) is 110 cm³/mol. The van der Waals surface area contributed by atoms with E-state index in [0.29, 0.717) is 5.02 Å². The molecule has 0 bridgehead atoms. The van der Waals surface area contributed by atoms with Crippen molar-refractivity contribution in [2.75, 3.05) is 36.0 Å². The molecule has 142 valence electrons. The fourth-order valence-corrected chi connectivity index (χ4v) is 4.26. The van der Waals surface area contributed by atoms with Gasteiger partial charge in [-0.05, 0) is 44.0 Å². The van der Waals surface area contributed by atoms with Gasteiger partial charge in [0.2, 0.25) is 5.91 Å². The molecule has 0 aliphatic carbocycles. The molecule has 2 aromatic rings. The predicted octanol–water partition coefficient (Wildman–Crippen LogP) is 3.22. The van der Waals surface area contributed by atoms with Crippen LogP contribution in [0, 0.1) is 0 Å². The van der Waals surface area contributed by atoms with Crippen molar-refractivity contribution < 1.29 is 4.79 Å². The summed E-state index contributed by atoms with van der Waals surface area (Å²) in [5.41, 5.74) is 2.34. The molecule has 1 saturated heterocycles. The molecule has 2 atom stereocenters. The zero-order valence-corrected chi connectivity index (χ0v) is 16.6. The Kier molecular flexibility index (Phi) is 5.06. The highest BCUT2D eigenvalue weighted by Crippen LogP contribution is 2.32. The summed E-state index contributed by atoms with van der Waals surface area (Å²) in [5.74, 6) is 1.14. The number of carbonyl (C=O) groups is 1. The maximum Gasteiger partial charge on any atom is 0.244 e. The van der Waals surface area contributed by atoms with Crippen molar-refractivity contribution >= 4 is 29.0 Å². The number of hydrogen-bond donors (Lipinski definition) is 0. The van der Waals surface area contributed by atoms with Crippen LogP contribution in [-0.4, -0.2) is 54.1 Å². The Morgan fingerprint density at radius 2 is 1.89 bits per heavy atom. The van der Waals surface area contributed by atoms with Gasteiger partial charge in [0.25, 0.3) is 0 Å². The number of rotatable bonds is 3. The van der Waals surface area contributed by atoms with E-state index in [9.17, 15) is 4.79 Å². The smallest absolute Gasteiger partial charge is 0.244 e. The second-order valence-electron chi connectivity index (χ2n) is 7.42. The third-order valence-corrected chi connectivity index (χ3v) is 5.92. The van der Waals surface area contributed by atoms with Crippen LogP contribution in [0.4, 0.5) is 11.5 Å². The molecule has 5 nitrogen and oxygen atoms in total. The third-order valence-electron chi connectivity index (χ3n) is 5.70. The molecule has 1 aromatic carbocycles. The number of aromatic nitrogens is 1. The van der Waals surface area contributed by atoms with Gasteiger partial charge < -0.3 is 9.80 Å². The van der Waals surface area contributed by atoms with Crippen LogP contribution in [0.15, 0.2) is 42.6 Å². The molecule has 2 unspecified atom stereocenters. The number of amides is 1. The minimum Gasteiger partial charge on any atom is -0.354 e. The Labute approximate surface area is 165 Å². The van der Waals surface area contributed by atoms with Crippen LogP contribution in [0.3, 0.4) is 0 Å². The standard InChI is InChI=1S/C21H25ClN4O/c1-15-13-17-5-3-4-6-19(17)26(15)21(27)16(2)24-9-11-25(12-10-24)20-8-7-18(22)14-23-20/h3-8,14-16H,9-13H2,1-2H3. The van der Waals surface area contributed by atoms with Gasteiger partial charge in [-0.15, -0.1) is 0 Å². The van der Waals surface area contributed by atoms with E-state index in [0.717, 1.165) is 44.1 Å². The lowest BCUT2D eigenvalue weighted by atomic mass is 10.1. The van der Waals surface area contributed by atoms with Gasteiger partial charge in [-0.1, -0.05) is 29.8 Å². The molecule has 4 rings (SSSR count). The Morgan fingerprint density at radius 3 is 2.59 bits per heavy atom. The number of carbonyl (C=O) groups excluding carboxylic acids is 1. The number of halogens is 1. The van der Waals surface area contributed by atoms with Gasteiger partial charge >= 0.3 is 0 Å². The number of piperazine rings is 1. The first-order chi connectivity index (χ1) is 13.0. The van der Waals surface area contributed by atoms with Crippen molar-refractivity contribution in [2.24, 2.45) is 0 Å². The molecule has 2 aliphatic heterocycles. The molecular weight excluding hydrogens is 360 g/mol. The van der Waals surface area contributed by atoms with E-state index in [4.69, 9.17) is 11.6 Å². The number of pyridine rings is 1. The average Bonchev–Trinajstić information content (AvgIpc) is 3.03. The molecule has 27 heavy (non-hydrogen) atoms. The zero-order valence-electron chi connectivity index (χ0n) is 15.8. The molecular formula is C21H25ClN4O. The summed E-state index contributed by atoms with van der Waals surface area (Å²) in [6.07, 6.45) is 2.62. The van der Waals surface area contributed by atoms with E-state index in [1.165, 1.54) is 5.56 Å². The number of fused-ring (bicyclic) bond motifs is 1. The molecule has 0 spiro atoms. The molecule has 0 N–H and O–H groups in total. The van der Waals surface area contributed by atoms with Crippen molar-refractivity contribution in [3.05, 3.63) is 53.2 Å². The van der Waals surface area contributed by atoms with Gasteiger partial charge in [0, 0.05) is 44.1 Å². The Bertz CT molecular complexity index is 817.